The molecule has 0 bridgehead atoms. The lowest BCUT2D eigenvalue weighted by atomic mass is 10.0. The first-order chi connectivity index (χ1) is 9.16. The van der Waals surface area contributed by atoms with Crippen molar-refractivity contribution in [3.8, 4) is 0 Å². The Kier molecular flexibility index (Phi) is 4.77. The summed E-state index contributed by atoms with van der Waals surface area (Å²) in [5.41, 5.74) is 4.01. The number of anilines is 1. The van der Waals surface area contributed by atoms with Crippen molar-refractivity contribution in [3.63, 3.8) is 0 Å². The van der Waals surface area contributed by atoms with Crippen LogP contribution < -0.4 is 5.43 Å². The first-order valence-corrected chi connectivity index (χ1v) is 6.57. The van der Waals surface area contributed by atoms with Gasteiger partial charge in [-0.1, -0.05) is 60.5 Å². The molecule has 0 fully saturated rings. The number of hydrazone groups is 1. The van der Waals surface area contributed by atoms with Crippen LogP contribution in [0.3, 0.4) is 0 Å². The zero-order valence-electron chi connectivity index (χ0n) is 10.3. The molecule has 1 aromatic carbocycles. The molecule has 0 aliphatic rings. The third-order valence-corrected chi connectivity index (χ3v) is 3.10. The molecule has 1 heterocycles. The number of nitrogens with zero attached hydrogens (tertiary/aromatic N) is 2. The summed E-state index contributed by atoms with van der Waals surface area (Å²) in [5.74, 6) is 0.697. The standard InChI is InChI=1S/C14H13Cl2N3/c1-10(11-5-3-2-4-6-11)8-18-19-14-13(16)7-12(15)9-17-14/h2-10H,1H3,(H,17,19)/b18-8-/t10-/m1/s1. The summed E-state index contributed by atoms with van der Waals surface area (Å²) in [6, 6.07) is 11.7. The Hall–Kier alpha value is -1.58. The summed E-state index contributed by atoms with van der Waals surface area (Å²) in [7, 11) is 0. The monoisotopic (exact) mass is 293 g/mol. The molecule has 2 rings (SSSR count). The quantitative estimate of drug-likeness (QED) is 0.661. The molecule has 5 heteroatoms. The fourth-order valence-corrected chi connectivity index (χ4v) is 1.97. The smallest absolute Gasteiger partial charge is 0.165 e. The van der Waals surface area contributed by atoms with E-state index >= 15 is 0 Å². The van der Waals surface area contributed by atoms with Crippen molar-refractivity contribution in [1.82, 2.24) is 4.98 Å². The molecule has 0 saturated heterocycles. The number of hydrogen-bond donors (Lipinski definition) is 1. The average molecular weight is 294 g/mol. The first-order valence-electron chi connectivity index (χ1n) is 5.82. The fraction of sp³-hybridized carbons (Fsp3) is 0.143. The van der Waals surface area contributed by atoms with Crippen LogP contribution in [0.4, 0.5) is 5.82 Å². The SMILES string of the molecule is C[C@H](/C=N\Nc1ncc(Cl)cc1Cl)c1ccccc1. The van der Waals surface area contributed by atoms with Crippen LogP contribution in [0.2, 0.25) is 10.0 Å². The number of aromatic nitrogens is 1. The summed E-state index contributed by atoms with van der Waals surface area (Å²) in [5, 5.41) is 5.08. The summed E-state index contributed by atoms with van der Waals surface area (Å²) in [6.45, 7) is 2.07. The normalized spacial score (nSPS) is 12.6. The Labute approximate surface area is 122 Å². The van der Waals surface area contributed by atoms with E-state index in [-0.39, 0.29) is 5.92 Å². The summed E-state index contributed by atoms with van der Waals surface area (Å²) in [6.07, 6.45) is 3.33. The second kappa shape index (κ2) is 6.55. The van der Waals surface area contributed by atoms with Gasteiger partial charge in [0.05, 0.1) is 10.0 Å². The van der Waals surface area contributed by atoms with Crippen molar-refractivity contribution in [1.29, 1.82) is 0 Å². The Morgan fingerprint density at radius 3 is 2.68 bits per heavy atom. The molecule has 0 amide bonds. The molecule has 3 nitrogen and oxygen atoms in total. The van der Waals surface area contributed by atoms with Crippen LogP contribution in [-0.2, 0) is 0 Å². The van der Waals surface area contributed by atoms with Gasteiger partial charge in [0, 0.05) is 18.3 Å². The number of rotatable bonds is 4. The summed E-state index contributed by atoms with van der Waals surface area (Å²) < 4.78 is 0. The number of nitrogens with one attached hydrogen (secondary N) is 1. The number of pyridine rings is 1. The van der Waals surface area contributed by atoms with E-state index in [2.05, 4.69) is 34.6 Å². The molecular formula is C14H13Cl2N3. The maximum Gasteiger partial charge on any atom is 0.165 e. The minimum absolute atomic E-state index is 0.208. The van der Waals surface area contributed by atoms with Crippen LogP contribution in [0.1, 0.15) is 18.4 Å². The lowest BCUT2D eigenvalue weighted by Crippen LogP contribution is -1.99. The van der Waals surface area contributed by atoms with Gasteiger partial charge in [0.15, 0.2) is 5.82 Å². The molecule has 1 atom stereocenters. The van der Waals surface area contributed by atoms with Gasteiger partial charge in [-0.3, -0.25) is 5.43 Å². The lowest BCUT2D eigenvalue weighted by molar-refractivity contribution is 1.03. The molecule has 98 valence electrons. The highest BCUT2D eigenvalue weighted by Crippen LogP contribution is 2.22. The average Bonchev–Trinajstić information content (AvgIpc) is 2.42. The Bertz CT molecular complexity index is 570. The molecule has 0 aliphatic heterocycles. The van der Waals surface area contributed by atoms with Crippen molar-refractivity contribution in [2.45, 2.75) is 12.8 Å². The van der Waals surface area contributed by atoms with Crippen LogP contribution in [0.25, 0.3) is 0 Å². The van der Waals surface area contributed by atoms with E-state index < -0.39 is 0 Å². The molecule has 19 heavy (non-hydrogen) atoms. The molecule has 0 aliphatic carbocycles. The van der Waals surface area contributed by atoms with E-state index in [1.54, 1.807) is 6.07 Å². The number of halogens is 2. The van der Waals surface area contributed by atoms with Gasteiger partial charge >= 0.3 is 0 Å². The topological polar surface area (TPSA) is 37.3 Å². The highest BCUT2D eigenvalue weighted by atomic mass is 35.5. The van der Waals surface area contributed by atoms with Crippen LogP contribution in [0.5, 0.6) is 0 Å². The number of benzene rings is 1. The molecule has 0 radical (unpaired) electrons. The van der Waals surface area contributed by atoms with Gasteiger partial charge in [0.2, 0.25) is 0 Å². The summed E-state index contributed by atoms with van der Waals surface area (Å²) in [4.78, 5) is 4.06. The van der Waals surface area contributed by atoms with Crippen LogP contribution in [-0.4, -0.2) is 11.2 Å². The molecule has 0 saturated carbocycles. The van der Waals surface area contributed by atoms with Gasteiger partial charge in [0.1, 0.15) is 0 Å². The molecule has 0 unspecified atom stereocenters. The van der Waals surface area contributed by atoms with Gasteiger partial charge in [-0.2, -0.15) is 5.10 Å². The minimum Gasteiger partial charge on any atom is -0.260 e. The van der Waals surface area contributed by atoms with Crippen molar-refractivity contribution < 1.29 is 0 Å². The third kappa shape index (κ3) is 3.94. The summed E-state index contributed by atoms with van der Waals surface area (Å²) >= 11 is 11.7. The zero-order valence-corrected chi connectivity index (χ0v) is 11.9. The maximum atomic E-state index is 5.98. The van der Waals surface area contributed by atoms with Crippen molar-refractivity contribution in [2.75, 3.05) is 5.43 Å². The van der Waals surface area contributed by atoms with Gasteiger partial charge < -0.3 is 0 Å². The van der Waals surface area contributed by atoms with Gasteiger partial charge in [-0.05, 0) is 11.6 Å². The largest absolute Gasteiger partial charge is 0.260 e. The van der Waals surface area contributed by atoms with E-state index in [0.29, 0.717) is 15.9 Å². The van der Waals surface area contributed by atoms with Crippen molar-refractivity contribution >= 4 is 35.2 Å². The Balaban J connectivity index is 2.00. The third-order valence-electron chi connectivity index (χ3n) is 2.60. The highest BCUT2D eigenvalue weighted by Gasteiger charge is 2.03. The zero-order chi connectivity index (χ0) is 13.7. The predicted octanol–water partition coefficient (Wildman–Crippen LogP) is 4.59. The maximum absolute atomic E-state index is 5.98. The van der Waals surface area contributed by atoms with E-state index in [0.717, 1.165) is 0 Å². The van der Waals surface area contributed by atoms with Crippen LogP contribution >= 0.6 is 23.2 Å². The van der Waals surface area contributed by atoms with Crippen LogP contribution in [0, 0.1) is 0 Å². The second-order valence-corrected chi connectivity index (χ2v) is 4.92. The van der Waals surface area contributed by atoms with E-state index in [1.807, 2.05) is 24.4 Å². The fourth-order valence-electron chi connectivity index (χ4n) is 1.55. The van der Waals surface area contributed by atoms with E-state index in [1.165, 1.54) is 11.8 Å². The lowest BCUT2D eigenvalue weighted by Gasteiger charge is -2.06. The molecule has 2 aromatic rings. The van der Waals surface area contributed by atoms with E-state index in [4.69, 9.17) is 23.2 Å². The predicted molar refractivity (Wildman–Crippen MR) is 81.2 cm³/mol. The van der Waals surface area contributed by atoms with E-state index in [9.17, 15) is 0 Å². The molecule has 0 spiro atoms. The number of hydrogen-bond acceptors (Lipinski definition) is 3. The molecular weight excluding hydrogens is 281 g/mol. The molecule has 1 aromatic heterocycles. The highest BCUT2D eigenvalue weighted by molar-refractivity contribution is 6.35. The van der Waals surface area contributed by atoms with Crippen molar-refractivity contribution in [2.24, 2.45) is 5.10 Å². The van der Waals surface area contributed by atoms with Crippen LogP contribution in [0.15, 0.2) is 47.7 Å². The van der Waals surface area contributed by atoms with Gasteiger partial charge in [-0.25, -0.2) is 4.98 Å². The van der Waals surface area contributed by atoms with Gasteiger partial charge in [0.25, 0.3) is 0 Å². The minimum atomic E-state index is 0.208. The van der Waals surface area contributed by atoms with Crippen molar-refractivity contribution in [3.05, 3.63) is 58.2 Å². The molecule has 1 N–H and O–H groups in total. The second-order valence-electron chi connectivity index (χ2n) is 4.07. The first kappa shape index (κ1) is 13.8. The van der Waals surface area contributed by atoms with Gasteiger partial charge in [-0.15, -0.1) is 0 Å². The Morgan fingerprint density at radius 1 is 1.26 bits per heavy atom. The Morgan fingerprint density at radius 2 is 2.00 bits per heavy atom.